The van der Waals surface area contributed by atoms with Gasteiger partial charge in [-0.1, -0.05) is 0 Å². The third kappa shape index (κ3) is 3.28. The number of nitrogens with one attached hydrogen (secondary N) is 2. The number of imidazole rings is 1. The predicted molar refractivity (Wildman–Crippen MR) is 116 cm³/mol. The zero-order valence-electron chi connectivity index (χ0n) is 16.9. The van der Waals surface area contributed by atoms with Crippen molar-refractivity contribution in [2.24, 2.45) is 5.92 Å². The van der Waals surface area contributed by atoms with Crippen LogP contribution in [-0.2, 0) is 4.79 Å². The fraction of sp³-hybridized carbons (Fsp3) is 0.364. The van der Waals surface area contributed by atoms with Crippen LogP contribution in [0.5, 0.6) is 0 Å². The van der Waals surface area contributed by atoms with Crippen LogP contribution in [0.25, 0.3) is 27.9 Å². The molecule has 0 spiro atoms. The average Bonchev–Trinajstić information content (AvgIpc) is 3.35. The molecular weight excluding hydrogens is 378 g/mol. The molecule has 5 rings (SSSR count). The van der Waals surface area contributed by atoms with Gasteiger partial charge in [-0.05, 0) is 49.8 Å². The number of H-pyrrole nitrogens is 1. The first kappa shape index (κ1) is 18.6. The van der Waals surface area contributed by atoms with Crippen molar-refractivity contribution in [1.82, 2.24) is 29.7 Å². The van der Waals surface area contributed by atoms with E-state index in [2.05, 4.69) is 30.7 Å². The van der Waals surface area contributed by atoms with Crippen molar-refractivity contribution in [1.29, 1.82) is 0 Å². The number of hydrogen-bond acceptors (Lipinski definition) is 5. The molecule has 30 heavy (non-hydrogen) atoms. The van der Waals surface area contributed by atoms with Crippen molar-refractivity contribution in [3.8, 4) is 11.4 Å². The first-order valence-corrected chi connectivity index (χ1v) is 10.4. The molecule has 0 aliphatic heterocycles. The lowest BCUT2D eigenvalue weighted by Crippen LogP contribution is -2.29. The number of aromatic nitrogens is 5. The van der Waals surface area contributed by atoms with E-state index in [1.54, 1.807) is 19.3 Å². The van der Waals surface area contributed by atoms with Crippen molar-refractivity contribution < 1.29 is 4.79 Å². The summed E-state index contributed by atoms with van der Waals surface area (Å²) in [6.45, 7) is 2.33. The number of nitrogen functional groups attached to an aromatic ring is 1. The monoisotopic (exact) mass is 403 g/mol. The number of fused-ring (bicyclic) bond motifs is 2. The number of pyridine rings is 1. The minimum absolute atomic E-state index is 0.0387. The van der Waals surface area contributed by atoms with Crippen molar-refractivity contribution in [3.63, 3.8) is 0 Å². The number of nitrogens with zero attached hydrogens (tertiary/aromatic N) is 4. The Labute approximate surface area is 173 Å². The molecule has 0 bridgehead atoms. The van der Waals surface area contributed by atoms with Gasteiger partial charge in [0.2, 0.25) is 5.91 Å². The van der Waals surface area contributed by atoms with E-state index < -0.39 is 0 Å². The first-order chi connectivity index (χ1) is 14.6. The standard InChI is InChI=1S/C22H25N7O/c1-13(30)26-12-14-4-6-15(7-5-14)22-28-18(19-20(23)24-9-10-29(19)22)17-11-16-3-2-8-25-21(16)27-17/h2-3,8-11,14-15H,4-7,12H2,1H3,(H2,23,24)(H,25,27)(H,26,30)/t14-,15-. The zero-order valence-corrected chi connectivity index (χ0v) is 16.9. The van der Waals surface area contributed by atoms with E-state index in [1.807, 2.05) is 18.3 Å². The van der Waals surface area contributed by atoms with Crippen LogP contribution in [0.2, 0.25) is 0 Å². The Hall–Kier alpha value is -3.42. The highest BCUT2D eigenvalue weighted by atomic mass is 16.1. The maximum atomic E-state index is 11.2. The molecule has 1 amide bonds. The number of amides is 1. The van der Waals surface area contributed by atoms with E-state index in [1.165, 1.54) is 0 Å². The molecule has 0 saturated heterocycles. The third-order valence-corrected chi connectivity index (χ3v) is 6.11. The van der Waals surface area contributed by atoms with Gasteiger partial charge >= 0.3 is 0 Å². The molecule has 8 heteroatoms. The molecule has 4 aromatic rings. The predicted octanol–water partition coefficient (Wildman–Crippen LogP) is 3.26. The fourth-order valence-electron chi connectivity index (χ4n) is 4.56. The van der Waals surface area contributed by atoms with Gasteiger partial charge < -0.3 is 16.0 Å². The summed E-state index contributed by atoms with van der Waals surface area (Å²) in [6, 6.07) is 6.01. The molecule has 0 unspecified atom stereocenters. The normalized spacial score (nSPS) is 19.4. The Morgan fingerprint density at radius 2 is 2.10 bits per heavy atom. The van der Waals surface area contributed by atoms with Gasteiger partial charge in [-0.2, -0.15) is 0 Å². The van der Waals surface area contributed by atoms with Crippen LogP contribution in [0.1, 0.15) is 44.3 Å². The highest BCUT2D eigenvalue weighted by Gasteiger charge is 2.28. The quantitative estimate of drug-likeness (QED) is 0.484. The van der Waals surface area contributed by atoms with E-state index >= 15 is 0 Å². The average molecular weight is 403 g/mol. The van der Waals surface area contributed by atoms with Gasteiger partial charge in [0.05, 0.1) is 5.69 Å². The molecule has 1 fully saturated rings. The molecule has 0 radical (unpaired) electrons. The van der Waals surface area contributed by atoms with Crippen LogP contribution < -0.4 is 11.1 Å². The SMILES string of the molecule is CC(=O)NC[C@H]1CC[C@H](c2nc(-c3cc4cccnc4[nH]3)c3c(N)nccn32)CC1. The van der Waals surface area contributed by atoms with Crippen LogP contribution in [0.4, 0.5) is 5.82 Å². The summed E-state index contributed by atoms with van der Waals surface area (Å²) in [5, 5.41) is 3.99. The van der Waals surface area contributed by atoms with Crippen molar-refractivity contribution in [2.75, 3.05) is 12.3 Å². The summed E-state index contributed by atoms with van der Waals surface area (Å²) >= 11 is 0. The third-order valence-electron chi connectivity index (χ3n) is 6.11. The lowest BCUT2D eigenvalue weighted by atomic mass is 9.81. The summed E-state index contributed by atoms with van der Waals surface area (Å²) < 4.78 is 2.09. The fourth-order valence-corrected chi connectivity index (χ4v) is 4.56. The molecular formula is C22H25N7O. The van der Waals surface area contributed by atoms with Crippen LogP contribution in [-0.4, -0.2) is 36.8 Å². The zero-order chi connectivity index (χ0) is 20.7. The Morgan fingerprint density at radius 3 is 2.87 bits per heavy atom. The van der Waals surface area contributed by atoms with Crippen LogP contribution in [0.15, 0.2) is 36.8 Å². The number of aromatic amines is 1. The molecule has 4 heterocycles. The lowest BCUT2D eigenvalue weighted by molar-refractivity contribution is -0.119. The second-order valence-electron chi connectivity index (χ2n) is 8.13. The smallest absolute Gasteiger partial charge is 0.216 e. The maximum absolute atomic E-state index is 11.2. The summed E-state index contributed by atoms with van der Waals surface area (Å²) in [4.78, 5) is 28.3. The van der Waals surface area contributed by atoms with Crippen molar-refractivity contribution in [2.45, 2.75) is 38.5 Å². The first-order valence-electron chi connectivity index (χ1n) is 10.4. The molecule has 0 aromatic carbocycles. The van der Waals surface area contributed by atoms with Crippen LogP contribution >= 0.6 is 0 Å². The number of carbonyl (C=O) groups is 1. The van der Waals surface area contributed by atoms with Gasteiger partial charge in [-0.15, -0.1) is 0 Å². The van der Waals surface area contributed by atoms with Gasteiger partial charge in [0.15, 0.2) is 0 Å². The topological polar surface area (TPSA) is 114 Å². The van der Waals surface area contributed by atoms with E-state index in [-0.39, 0.29) is 5.91 Å². The van der Waals surface area contributed by atoms with E-state index in [0.717, 1.165) is 66.0 Å². The minimum atomic E-state index is 0.0387. The van der Waals surface area contributed by atoms with E-state index in [9.17, 15) is 4.79 Å². The van der Waals surface area contributed by atoms with Crippen molar-refractivity contribution >= 4 is 28.3 Å². The number of hydrogen-bond donors (Lipinski definition) is 3. The second kappa shape index (κ2) is 7.44. The van der Waals surface area contributed by atoms with E-state index in [0.29, 0.717) is 17.7 Å². The molecule has 4 aromatic heterocycles. The van der Waals surface area contributed by atoms with Gasteiger partial charge in [-0.25, -0.2) is 15.0 Å². The Kier molecular flexibility index (Phi) is 4.61. The number of carbonyl (C=O) groups excluding carboxylic acids is 1. The highest BCUT2D eigenvalue weighted by Crippen LogP contribution is 2.38. The van der Waals surface area contributed by atoms with E-state index in [4.69, 9.17) is 10.7 Å². The summed E-state index contributed by atoms with van der Waals surface area (Å²) in [5.41, 5.74) is 9.65. The molecule has 8 nitrogen and oxygen atoms in total. The van der Waals surface area contributed by atoms with Crippen LogP contribution in [0.3, 0.4) is 0 Å². The maximum Gasteiger partial charge on any atom is 0.216 e. The Morgan fingerprint density at radius 1 is 1.27 bits per heavy atom. The Bertz CT molecular complexity index is 1180. The number of anilines is 1. The molecule has 1 saturated carbocycles. The second-order valence-corrected chi connectivity index (χ2v) is 8.13. The van der Waals surface area contributed by atoms with Gasteiger partial charge in [0.25, 0.3) is 0 Å². The van der Waals surface area contributed by atoms with Gasteiger partial charge in [0, 0.05) is 43.4 Å². The minimum Gasteiger partial charge on any atom is -0.382 e. The van der Waals surface area contributed by atoms with Gasteiger partial charge in [-0.3, -0.25) is 9.20 Å². The largest absolute Gasteiger partial charge is 0.382 e. The summed E-state index contributed by atoms with van der Waals surface area (Å²) in [5.74, 6) is 2.42. The number of nitrogens with two attached hydrogens (primary N) is 1. The summed E-state index contributed by atoms with van der Waals surface area (Å²) in [6.07, 6.45) is 9.68. The number of rotatable bonds is 4. The molecule has 1 aliphatic rings. The molecule has 154 valence electrons. The van der Waals surface area contributed by atoms with Crippen molar-refractivity contribution in [3.05, 3.63) is 42.6 Å². The highest BCUT2D eigenvalue weighted by molar-refractivity contribution is 5.90. The lowest BCUT2D eigenvalue weighted by Gasteiger charge is -2.27. The Balaban J connectivity index is 1.50. The summed E-state index contributed by atoms with van der Waals surface area (Å²) in [7, 11) is 0. The molecule has 4 N–H and O–H groups in total. The van der Waals surface area contributed by atoms with Gasteiger partial charge in [0.1, 0.15) is 28.5 Å². The van der Waals surface area contributed by atoms with Crippen LogP contribution in [0, 0.1) is 5.92 Å². The molecule has 0 atom stereocenters. The molecule has 1 aliphatic carbocycles.